The number of hydrogen-bond donors (Lipinski definition) is 3. The van der Waals surface area contributed by atoms with Crippen molar-refractivity contribution >= 4 is 11.7 Å². The number of anilines is 1. The fourth-order valence-corrected chi connectivity index (χ4v) is 2.86. The standard InChI is InChI=1S/C15H13F4N3O2/c1-7(8-3-2-4-9(16)5-8)12-11-13(22-21-12)20-10(23)6-14(11,24)15(17,18)19/h2-5,7,24H,6H2,1H3,(H2,20,21,22,23). The molecule has 1 aliphatic rings. The molecule has 3 N–H and O–H groups in total. The van der Waals surface area contributed by atoms with Gasteiger partial charge in [-0.05, 0) is 17.7 Å². The van der Waals surface area contributed by atoms with Gasteiger partial charge in [-0.25, -0.2) is 4.39 Å². The average Bonchev–Trinajstić information content (AvgIpc) is 2.89. The van der Waals surface area contributed by atoms with Gasteiger partial charge in [0.1, 0.15) is 5.82 Å². The highest BCUT2D eigenvalue weighted by Crippen LogP contribution is 2.49. The summed E-state index contributed by atoms with van der Waals surface area (Å²) in [4.78, 5) is 11.5. The lowest BCUT2D eigenvalue weighted by Gasteiger charge is -2.34. The van der Waals surface area contributed by atoms with Gasteiger partial charge in [0.25, 0.3) is 0 Å². The average molecular weight is 343 g/mol. The monoisotopic (exact) mass is 343 g/mol. The number of alkyl halides is 3. The summed E-state index contributed by atoms with van der Waals surface area (Å²) in [6.45, 7) is 1.55. The molecule has 1 aromatic heterocycles. The summed E-state index contributed by atoms with van der Waals surface area (Å²) >= 11 is 0. The van der Waals surface area contributed by atoms with Crippen LogP contribution in [-0.2, 0) is 10.4 Å². The zero-order chi connectivity index (χ0) is 17.7. The first kappa shape index (κ1) is 16.4. The number of carbonyl (C=O) groups is 1. The number of hydrogen-bond acceptors (Lipinski definition) is 3. The van der Waals surface area contributed by atoms with E-state index < -0.39 is 41.4 Å². The maximum absolute atomic E-state index is 13.4. The van der Waals surface area contributed by atoms with Gasteiger partial charge in [-0.2, -0.15) is 18.3 Å². The molecule has 0 radical (unpaired) electrons. The Morgan fingerprint density at radius 1 is 1.38 bits per heavy atom. The van der Waals surface area contributed by atoms with Crippen LogP contribution < -0.4 is 5.32 Å². The fourth-order valence-electron chi connectivity index (χ4n) is 2.86. The Morgan fingerprint density at radius 3 is 2.71 bits per heavy atom. The Bertz CT molecular complexity index is 802. The van der Waals surface area contributed by atoms with Crippen LogP contribution in [0.2, 0.25) is 0 Å². The first-order valence-electron chi connectivity index (χ1n) is 7.06. The number of nitrogens with one attached hydrogen (secondary N) is 2. The van der Waals surface area contributed by atoms with Crippen LogP contribution in [0.25, 0.3) is 0 Å². The van der Waals surface area contributed by atoms with Crippen molar-refractivity contribution < 1.29 is 27.5 Å². The van der Waals surface area contributed by atoms with E-state index in [1.807, 2.05) is 0 Å². The molecule has 0 fully saturated rings. The molecule has 2 aromatic rings. The van der Waals surface area contributed by atoms with Gasteiger partial charge in [0.2, 0.25) is 5.91 Å². The number of amides is 1. The lowest BCUT2D eigenvalue weighted by Crippen LogP contribution is -2.48. The number of carbonyl (C=O) groups excluding carboxylic acids is 1. The van der Waals surface area contributed by atoms with Crippen LogP contribution in [0.4, 0.5) is 23.4 Å². The van der Waals surface area contributed by atoms with Crippen molar-refractivity contribution in [2.24, 2.45) is 0 Å². The minimum absolute atomic E-state index is 0.0320. The molecule has 3 rings (SSSR count). The predicted octanol–water partition coefficient (Wildman–Crippen LogP) is 2.79. The van der Waals surface area contributed by atoms with Crippen molar-refractivity contribution in [2.45, 2.75) is 31.0 Å². The summed E-state index contributed by atoms with van der Waals surface area (Å²) in [7, 11) is 0. The molecule has 0 bridgehead atoms. The molecule has 1 aliphatic heterocycles. The van der Waals surface area contributed by atoms with Crippen molar-refractivity contribution in [2.75, 3.05) is 5.32 Å². The van der Waals surface area contributed by atoms with E-state index in [2.05, 4.69) is 15.5 Å². The van der Waals surface area contributed by atoms with Gasteiger partial charge in [-0.3, -0.25) is 9.89 Å². The maximum Gasteiger partial charge on any atom is 0.422 e. The minimum atomic E-state index is -5.07. The minimum Gasteiger partial charge on any atom is -0.376 e. The highest BCUT2D eigenvalue weighted by Gasteiger charge is 2.60. The second-order valence-electron chi connectivity index (χ2n) is 5.72. The van der Waals surface area contributed by atoms with Gasteiger partial charge in [0.05, 0.1) is 17.7 Å². The number of aromatic amines is 1. The van der Waals surface area contributed by atoms with Crippen molar-refractivity contribution in [1.82, 2.24) is 10.2 Å². The predicted molar refractivity (Wildman–Crippen MR) is 75.7 cm³/mol. The van der Waals surface area contributed by atoms with Gasteiger partial charge >= 0.3 is 6.18 Å². The number of halogens is 4. The number of H-pyrrole nitrogens is 1. The smallest absolute Gasteiger partial charge is 0.376 e. The summed E-state index contributed by atoms with van der Waals surface area (Å²) in [6.07, 6.45) is -6.23. The zero-order valence-corrected chi connectivity index (χ0v) is 12.4. The summed E-state index contributed by atoms with van der Waals surface area (Å²) in [5, 5.41) is 18.5. The molecule has 1 aromatic carbocycles. The van der Waals surface area contributed by atoms with Gasteiger partial charge in [-0.1, -0.05) is 19.1 Å². The van der Waals surface area contributed by atoms with Crippen LogP contribution in [0.3, 0.4) is 0 Å². The molecule has 2 unspecified atom stereocenters. The highest BCUT2D eigenvalue weighted by molar-refractivity contribution is 5.94. The van der Waals surface area contributed by atoms with Gasteiger partial charge < -0.3 is 10.4 Å². The third-order valence-electron chi connectivity index (χ3n) is 4.13. The number of nitrogens with zero attached hydrogens (tertiary/aromatic N) is 1. The molecule has 9 heteroatoms. The molecule has 2 atom stereocenters. The van der Waals surface area contributed by atoms with Gasteiger partial charge in [0, 0.05) is 5.92 Å². The number of aromatic nitrogens is 2. The first-order valence-corrected chi connectivity index (χ1v) is 7.06. The molecule has 24 heavy (non-hydrogen) atoms. The lowest BCUT2D eigenvalue weighted by molar-refractivity contribution is -0.267. The van der Waals surface area contributed by atoms with Gasteiger partial charge in [-0.15, -0.1) is 0 Å². The Labute approximate surface area is 133 Å². The Balaban J connectivity index is 2.15. The molecular formula is C15H13F4N3O2. The lowest BCUT2D eigenvalue weighted by atomic mass is 9.82. The van der Waals surface area contributed by atoms with Crippen LogP contribution in [0.15, 0.2) is 24.3 Å². The zero-order valence-electron chi connectivity index (χ0n) is 12.4. The largest absolute Gasteiger partial charge is 0.422 e. The number of benzene rings is 1. The van der Waals surface area contributed by atoms with Crippen LogP contribution in [-0.4, -0.2) is 27.4 Å². The highest BCUT2D eigenvalue weighted by atomic mass is 19.4. The molecule has 2 heterocycles. The number of aliphatic hydroxyl groups is 1. The molecule has 0 saturated carbocycles. The van der Waals surface area contributed by atoms with Crippen LogP contribution >= 0.6 is 0 Å². The normalized spacial score (nSPS) is 22.0. The number of fused-ring (bicyclic) bond motifs is 1. The first-order chi connectivity index (χ1) is 11.1. The van der Waals surface area contributed by atoms with E-state index >= 15 is 0 Å². The summed E-state index contributed by atoms with van der Waals surface area (Å²) < 4.78 is 53.7. The molecule has 1 amide bonds. The third-order valence-corrected chi connectivity index (χ3v) is 4.13. The summed E-state index contributed by atoms with van der Waals surface area (Å²) in [6, 6.07) is 5.38. The quantitative estimate of drug-likeness (QED) is 0.734. The molecule has 0 spiro atoms. The van der Waals surface area contributed by atoms with Crippen molar-refractivity contribution in [1.29, 1.82) is 0 Å². The SMILES string of the molecule is CC(c1cccc(F)c1)c1[nH]nc2c1C(O)(C(F)(F)F)CC(=O)N2. The Morgan fingerprint density at radius 2 is 2.08 bits per heavy atom. The van der Waals surface area contributed by atoms with E-state index in [1.54, 1.807) is 13.0 Å². The topological polar surface area (TPSA) is 78.0 Å². The summed E-state index contributed by atoms with van der Waals surface area (Å²) in [5.74, 6) is -2.60. The van der Waals surface area contributed by atoms with E-state index in [9.17, 15) is 27.5 Å². The van der Waals surface area contributed by atoms with E-state index in [0.29, 0.717) is 5.56 Å². The van der Waals surface area contributed by atoms with Crippen molar-refractivity contribution in [3.05, 3.63) is 46.9 Å². The molecule has 0 aliphatic carbocycles. The second kappa shape index (κ2) is 5.30. The van der Waals surface area contributed by atoms with Crippen LogP contribution in [0.5, 0.6) is 0 Å². The molecule has 0 saturated heterocycles. The van der Waals surface area contributed by atoms with E-state index in [-0.39, 0.29) is 11.5 Å². The molecule has 128 valence electrons. The van der Waals surface area contributed by atoms with Crippen LogP contribution in [0, 0.1) is 5.82 Å². The van der Waals surface area contributed by atoms with Crippen LogP contribution in [0.1, 0.15) is 36.1 Å². The van der Waals surface area contributed by atoms with Gasteiger partial charge in [0.15, 0.2) is 11.4 Å². The van der Waals surface area contributed by atoms with E-state index in [4.69, 9.17) is 0 Å². The second-order valence-corrected chi connectivity index (χ2v) is 5.72. The summed E-state index contributed by atoms with van der Waals surface area (Å²) in [5.41, 5.74) is -3.51. The Kier molecular flexibility index (Phi) is 3.63. The molecular weight excluding hydrogens is 330 g/mol. The molecule has 5 nitrogen and oxygen atoms in total. The van der Waals surface area contributed by atoms with E-state index in [1.165, 1.54) is 18.2 Å². The maximum atomic E-state index is 13.4. The van der Waals surface area contributed by atoms with E-state index in [0.717, 1.165) is 0 Å². The van der Waals surface area contributed by atoms with Crippen molar-refractivity contribution in [3.8, 4) is 0 Å². The number of rotatable bonds is 2. The third kappa shape index (κ3) is 2.44. The van der Waals surface area contributed by atoms with Crippen molar-refractivity contribution in [3.63, 3.8) is 0 Å². The fraction of sp³-hybridized carbons (Fsp3) is 0.333. The Hall–Kier alpha value is -2.42.